The highest BCUT2D eigenvalue weighted by Crippen LogP contribution is 2.45. The van der Waals surface area contributed by atoms with Crippen LogP contribution in [0, 0.1) is 0 Å². The first-order chi connectivity index (χ1) is 12.6. The zero-order valence-electron chi connectivity index (χ0n) is 18.2. The van der Waals surface area contributed by atoms with E-state index in [0.717, 1.165) is 5.56 Å². The quantitative estimate of drug-likeness (QED) is 0.358. The number of hydrogen-bond acceptors (Lipinski definition) is 4. The summed E-state index contributed by atoms with van der Waals surface area (Å²) in [5, 5.41) is 0. The van der Waals surface area contributed by atoms with Crippen molar-refractivity contribution in [2.75, 3.05) is 7.11 Å². The van der Waals surface area contributed by atoms with Crippen molar-refractivity contribution in [3.8, 4) is 0 Å². The van der Waals surface area contributed by atoms with Crippen LogP contribution in [0.25, 0.3) is 0 Å². The summed E-state index contributed by atoms with van der Waals surface area (Å²) in [6.07, 6.45) is 1.01. The summed E-state index contributed by atoms with van der Waals surface area (Å²) >= 11 is 0. The lowest BCUT2D eigenvalue weighted by molar-refractivity contribution is -0.117. The third kappa shape index (κ3) is 5.75. The first-order valence-electron chi connectivity index (χ1n) is 9.91. The van der Waals surface area contributed by atoms with Gasteiger partial charge in [0.05, 0.1) is 18.8 Å². The molecule has 1 rings (SSSR count). The van der Waals surface area contributed by atoms with E-state index in [2.05, 4.69) is 41.5 Å². The number of carbonyl (C=O) groups excluding carboxylic acids is 2. The van der Waals surface area contributed by atoms with Gasteiger partial charge in [0.25, 0.3) is 0 Å². The molecule has 0 spiro atoms. The zero-order valence-corrected chi connectivity index (χ0v) is 19.2. The molecule has 5 heteroatoms. The van der Waals surface area contributed by atoms with Crippen molar-refractivity contribution in [2.24, 2.45) is 0 Å². The molecule has 0 bridgehead atoms. The van der Waals surface area contributed by atoms with Crippen molar-refractivity contribution in [1.29, 1.82) is 0 Å². The van der Waals surface area contributed by atoms with Gasteiger partial charge in [0, 0.05) is 6.42 Å². The topological polar surface area (TPSA) is 52.6 Å². The van der Waals surface area contributed by atoms with Crippen molar-refractivity contribution in [3.63, 3.8) is 0 Å². The van der Waals surface area contributed by atoms with Crippen molar-refractivity contribution in [3.05, 3.63) is 35.4 Å². The number of esters is 1. The second-order valence-corrected chi connectivity index (χ2v) is 13.7. The largest absolute Gasteiger partial charge is 0.465 e. The third-order valence-corrected chi connectivity index (χ3v) is 11.6. The molecular weight excluding hydrogens is 356 g/mol. The Morgan fingerprint density at radius 3 is 1.78 bits per heavy atom. The molecule has 1 aromatic rings. The van der Waals surface area contributed by atoms with Crippen molar-refractivity contribution >= 4 is 20.1 Å². The van der Waals surface area contributed by atoms with E-state index in [1.165, 1.54) is 7.11 Å². The smallest absolute Gasteiger partial charge is 0.337 e. The van der Waals surface area contributed by atoms with Gasteiger partial charge in [-0.1, -0.05) is 53.7 Å². The van der Waals surface area contributed by atoms with Crippen LogP contribution < -0.4 is 0 Å². The minimum Gasteiger partial charge on any atom is -0.465 e. The van der Waals surface area contributed by atoms with E-state index in [-0.39, 0.29) is 17.9 Å². The second kappa shape index (κ2) is 10.2. The van der Waals surface area contributed by atoms with Gasteiger partial charge in [-0.2, -0.15) is 0 Å². The van der Waals surface area contributed by atoms with Crippen LogP contribution in [-0.4, -0.2) is 27.2 Å². The predicted molar refractivity (Wildman–Crippen MR) is 113 cm³/mol. The van der Waals surface area contributed by atoms with Crippen LogP contribution in [0.5, 0.6) is 0 Å². The summed E-state index contributed by atoms with van der Waals surface area (Å²) in [7, 11) is -0.713. The van der Waals surface area contributed by atoms with E-state index < -0.39 is 8.32 Å². The number of methoxy groups -OCH3 is 1. The summed E-state index contributed by atoms with van der Waals surface area (Å²) in [6.45, 7) is 15.2. The molecule has 1 unspecified atom stereocenters. The monoisotopic (exact) mass is 392 g/mol. The molecule has 0 aliphatic carbocycles. The summed E-state index contributed by atoms with van der Waals surface area (Å²) in [5.41, 5.74) is 2.93. The Bertz CT molecular complexity index is 598. The SMILES string of the molecule is COC(=O)c1ccc(C(CCC(C)=O)O[Si](C(C)C)(C(C)C)C(C)C)cc1. The van der Waals surface area contributed by atoms with Crippen LogP contribution in [0.15, 0.2) is 24.3 Å². The molecule has 1 atom stereocenters. The number of Topliss-reactive ketones (excluding diaryl/α,β-unsaturated/α-hetero) is 1. The molecule has 0 aliphatic heterocycles. The van der Waals surface area contributed by atoms with Crippen LogP contribution in [-0.2, 0) is 14.0 Å². The molecule has 0 amide bonds. The molecule has 0 fully saturated rings. The first kappa shape index (κ1) is 23.6. The average Bonchev–Trinajstić information content (AvgIpc) is 2.60. The molecule has 1 aromatic carbocycles. The van der Waals surface area contributed by atoms with Gasteiger partial charge in [-0.05, 0) is 47.7 Å². The predicted octanol–water partition coefficient (Wildman–Crippen LogP) is 6.08. The van der Waals surface area contributed by atoms with E-state index in [4.69, 9.17) is 9.16 Å². The molecule has 0 aromatic heterocycles. The van der Waals surface area contributed by atoms with Crippen LogP contribution in [0.1, 0.15) is 83.3 Å². The fourth-order valence-electron chi connectivity index (χ4n) is 4.23. The Labute approximate surface area is 165 Å². The number of benzene rings is 1. The lowest BCUT2D eigenvalue weighted by atomic mass is 10.0. The van der Waals surface area contributed by atoms with E-state index >= 15 is 0 Å². The number of carbonyl (C=O) groups is 2. The fourth-order valence-corrected chi connectivity index (χ4v) is 9.80. The first-order valence-corrected chi connectivity index (χ1v) is 12.1. The minimum atomic E-state index is -2.09. The highest BCUT2D eigenvalue weighted by Gasteiger charge is 2.46. The number of ether oxygens (including phenoxy) is 1. The van der Waals surface area contributed by atoms with Crippen LogP contribution in [0.2, 0.25) is 16.6 Å². The van der Waals surface area contributed by atoms with Crippen LogP contribution in [0.3, 0.4) is 0 Å². The van der Waals surface area contributed by atoms with E-state index in [1.54, 1.807) is 19.1 Å². The molecule has 0 radical (unpaired) electrons. The molecule has 0 N–H and O–H groups in total. The number of hydrogen-bond donors (Lipinski definition) is 0. The zero-order chi connectivity index (χ0) is 20.8. The number of rotatable bonds is 10. The Morgan fingerprint density at radius 2 is 1.41 bits per heavy atom. The molecule has 152 valence electrons. The average molecular weight is 393 g/mol. The van der Waals surface area contributed by atoms with Gasteiger partial charge < -0.3 is 14.0 Å². The Balaban J connectivity index is 3.26. The number of ketones is 1. The van der Waals surface area contributed by atoms with Gasteiger partial charge in [-0.15, -0.1) is 0 Å². The molecule has 27 heavy (non-hydrogen) atoms. The second-order valence-electron chi connectivity index (χ2n) is 8.28. The van der Waals surface area contributed by atoms with Gasteiger partial charge in [0.2, 0.25) is 8.32 Å². The summed E-state index contributed by atoms with van der Waals surface area (Å²) in [4.78, 5) is 23.3. The van der Waals surface area contributed by atoms with Crippen LogP contribution in [0.4, 0.5) is 0 Å². The van der Waals surface area contributed by atoms with Gasteiger partial charge in [-0.25, -0.2) is 4.79 Å². The third-order valence-electron chi connectivity index (χ3n) is 5.52. The summed E-state index contributed by atoms with van der Waals surface area (Å²) in [5.74, 6) is -0.182. The summed E-state index contributed by atoms with van der Waals surface area (Å²) in [6, 6.07) is 7.40. The van der Waals surface area contributed by atoms with Crippen molar-refractivity contribution in [2.45, 2.75) is 84.0 Å². The van der Waals surface area contributed by atoms with Gasteiger partial charge in [0.15, 0.2) is 0 Å². The minimum absolute atomic E-state index is 0.139. The van der Waals surface area contributed by atoms with Crippen LogP contribution >= 0.6 is 0 Å². The Kier molecular flexibility index (Phi) is 8.89. The maximum atomic E-state index is 11.7. The summed E-state index contributed by atoms with van der Waals surface area (Å²) < 4.78 is 11.7. The van der Waals surface area contributed by atoms with Crippen molar-refractivity contribution in [1.82, 2.24) is 0 Å². The normalized spacial score (nSPS) is 13.3. The Hall–Kier alpha value is -1.46. The maximum Gasteiger partial charge on any atom is 0.337 e. The van der Waals surface area contributed by atoms with E-state index in [9.17, 15) is 9.59 Å². The maximum absolute atomic E-state index is 11.7. The van der Waals surface area contributed by atoms with Crippen molar-refractivity contribution < 1.29 is 18.8 Å². The van der Waals surface area contributed by atoms with E-state index in [1.807, 2.05) is 12.1 Å². The highest BCUT2D eigenvalue weighted by atomic mass is 28.4. The fraction of sp³-hybridized carbons (Fsp3) is 0.636. The molecule has 0 saturated heterocycles. The molecule has 4 nitrogen and oxygen atoms in total. The standard InChI is InChI=1S/C22H36O4Si/c1-15(2)27(16(3)4,17(5)6)26-21(14-9-18(7)23)19-10-12-20(13-11-19)22(24)25-8/h10-13,15-17,21H,9,14H2,1-8H3. The highest BCUT2D eigenvalue weighted by molar-refractivity contribution is 6.77. The van der Waals surface area contributed by atoms with Gasteiger partial charge >= 0.3 is 5.97 Å². The lowest BCUT2D eigenvalue weighted by Gasteiger charge is -2.44. The lowest BCUT2D eigenvalue weighted by Crippen LogP contribution is -2.48. The molecule has 0 saturated carbocycles. The van der Waals surface area contributed by atoms with Gasteiger partial charge in [-0.3, -0.25) is 0 Å². The van der Waals surface area contributed by atoms with Gasteiger partial charge in [0.1, 0.15) is 5.78 Å². The molecule has 0 aliphatic rings. The molecule has 0 heterocycles. The molecular formula is C22H36O4Si. The Morgan fingerprint density at radius 1 is 0.926 bits per heavy atom. The van der Waals surface area contributed by atoms with E-state index in [0.29, 0.717) is 35.0 Å².